The molecule has 6 heteroatoms. The number of nitro benzene ring substituents is 1. The summed E-state index contributed by atoms with van der Waals surface area (Å²) in [5, 5.41) is 11.5. The molecule has 0 radical (unpaired) electrons. The summed E-state index contributed by atoms with van der Waals surface area (Å²) in [6.45, 7) is 8.02. The number of carbonyl (C=O) groups is 1. The summed E-state index contributed by atoms with van der Waals surface area (Å²) in [4.78, 5) is 27.6. The molecule has 120 valence electrons. The summed E-state index contributed by atoms with van der Waals surface area (Å²) in [5.74, 6) is -0.103. The van der Waals surface area contributed by atoms with Gasteiger partial charge in [0.2, 0.25) is 0 Å². The van der Waals surface area contributed by atoms with Gasteiger partial charge in [-0.2, -0.15) is 0 Å². The highest BCUT2D eigenvalue weighted by Crippen LogP contribution is 2.29. The van der Waals surface area contributed by atoms with Crippen LogP contribution < -0.4 is 0 Å². The van der Waals surface area contributed by atoms with Gasteiger partial charge in [0, 0.05) is 17.5 Å². The third kappa shape index (κ3) is 4.10. The molecule has 0 amide bonds. The molecule has 1 aromatic heterocycles. The van der Waals surface area contributed by atoms with E-state index in [1.54, 1.807) is 18.2 Å². The van der Waals surface area contributed by atoms with Crippen molar-refractivity contribution in [2.45, 2.75) is 33.1 Å². The van der Waals surface area contributed by atoms with E-state index in [1.165, 1.54) is 29.5 Å². The number of hydrogen-bond acceptors (Lipinski definition) is 5. The Balaban J connectivity index is 2.18. The van der Waals surface area contributed by atoms with E-state index in [1.807, 2.05) is 6.92 Å². The number of ketones is 1. The lowest BCUT2D eigenvalue weighted by atomic mass is 9.98. The van der Waals surface area contributed by atoms with Gasteiger partial charge in [-0.3, -0.25) is 14.9 Å². The van der Waals surface area contributed by atoms with Gasteiger partial charge >= 0.3 is 0 Å². The minimum absolute atomic E-state index is 0.0293. The van der Waals surface area contributed by atoms with Gasteiger partial charge in [-0.15, -0.1) is 11.3 Å². The molecule has 0 aliphatic heterocycles. The molecule has 23 heavy (non-hydrogen) atoms. The first-order valence-electron chi connectivity index (χ1n) is 7.13. The van der Waals surface area contributed by atoms with E-state index < -0.39 is 4.92 Å². The number of aryl methyl sites for hydroxylation is 1. The monoisotopic (exact) mass is 330 g/mol. The smallest absolute Gasteiger partial charge is 0.269 e. The number of thiazole rings is 1. The number of non-ortho nitro benzene ring substituents is 1. The van der Waals surface area contributed by atoms with Gasteiger partial charge in [-0.05, 0) is 30.7 Å². The quantitative estimate of drug-likeness (QED) is 0.357. The molecular weight excluding hydrogens is 312 g/mol. The second-order valence-corrected chi connectivity index (χ2v) is 7.23. The van der Waals surface area contributed by atoms with Gasteiger partial charge < -0.3 is 0 Å². The Hall–Kier alpha value is -2.34. The fourth-order valence-corrected chi connectivity index (χ4v) is 2.94. The summed E-state index contributed by atoms with van der Waals surface area (Å²) >= 11 is 1.41. The average Bonchev–Trinajstić information content (AvgIpc) is 2.87. The van der Waals surface area contributed by atoms with E-state index in [0.29, 0.717) is 4.88 Å². The molecule has 0 bridgehead atoms. The Morgan fingerprint density at radius 3 is 2.35 bits per heavy atom. The van der Waals surface area contributed by atoms with Crippen LogP contribution >= 0.6 is 11.3 Å². The Bertz CT molecular complexity index is 768. The van der Waals surface area contributed by atoms with E-state index in [9.17, 15) is 14.9 Å². The number of rotatable bonds is 4. The summed E-state index contributed by atoms with van der Waals surface area (Å²) in [6, 6.07) is 6.06. The molecule has 5 nitrogen and oxygen atoms in total. The molecule has 0 fully saturated rings. The molecule has 0 aliphatic carbocycles. The Kier molecular flexibility index (Phi) is 4.75. The van der Waals surface area contributed by atoms with Crippen molar-refractivity contribution in [1.29, 1.82) is 0 Å². The van der Waals surface area contributed by atoms with Crippen LogP contribution in [-0.4, -0.2) is 15.7 Å². The molecule has 2 rings (SSSR count). The topological polar surface area (TPSA) is 73.1 Å². The van der Waals surface area contributed by atoms with Gasteiger partial charge in [0.15, 0.2) is 5.78 Å². The summed E-state index contributed by atoms with van der Waals surface area (Å²) in [6.07, 6.45) is 3.14. The van der Waals surface area contributed by atoms with E-state index >= 15 is 0 Å². The molecule has 0 saturated carbocycles. The van der Waals surface area contributed by atoms with Gasteiger partial charge in [-0.25, -0.2) is 4.98 Å². The predicted molar refractivity (Wildman–Crippen MR) is 92.0 cm³/mol. The Morgan fingerprint density at radius 2 is 1.87 bits per heavy atom. The first-order valence-corrected chi connectivity index (χ1v) is 7.95. The van der Waals surface area contributed by atoms with Crippen LogP contribution in [0.3, 0.4) is 0 Å². The lowest BCUT2D eigenvalue weighted by Gasteiger charge is -2.13. The minimum atomic E-state index is -0.451. The number of carbonyl (C=O) groups excluding carboxylic acids is 1. The van der Waals surface area contributed by atoms with Crippen LogP contribution in [-0.2, 0) is 5.41 Å². The maximum Gasteiger partial charge on any atom is 0.269 e. The molecule has 0 unspecified atom stereocenters. The number of benzene rings is 1. The van der Waals surface area contributed by atoms with Crippen molar-refractivity contribution in [3.63, 3.8) is 0 Å². The molecule has 2 aromatic rings. The van der Waals surface area contributed by atoms with E-state index in [2.05, 4.69) is 25.8 Å². The van der Waals surface area contributed by atoms with E-state index in [4.69, 9.17) is 0 Å². The average molecular weight is 330 g/mol. The van der Waals surface area contributed by atoms with Crippen LogP contribution in [0.25, 0.3) is 6.08 Å². The third-order valence-electron chi connectivity index (χ3n) is 3.19. The molecule has 0 spiro atoms. The molecule has 1 aromatic carbocycles. The van der Waals surface area contributed by atoms with Crippen molar-refractivity contribution in [2.24, 2.45) is 0 Å². The number of nitro groups is 1. The van der Waals surface area contributed by atoms with Gasteiger partial charge in [0.25, 0.3) is 5.69 Å². The molecule has 0 aliphatic rings. The van der Waals surface area contributed by atoms with Crippen LogP contribution in [0, 0.1) is 17.0 Å². The number of nitrogens with zero attached hydrogens (tertiary/aromatic N) is 2. The third-order valence-corrected chi connectivity index (χ3v) is 4.79. The van der Waals surface area contributed by atoms with Gasteiger partial charge in [0.1, 0.15) is 0 Å². The molecule has 0 saturated heterocycles. The Morgan fingerprint density at radius 1 is 1.26 bits per heavy atom. The molecular formula is C17H18N2O3S. The maximum atomic E-state index is 12.3. The van der Waals surface area contributed by atoms with Crippen molar-refractivity contribution in [3.8, 4) is 0 Å². The fourth-order valence-electron chi connectivity index (χ4n) is 1.90. The zero-order chi connectivity index (χ0) is 17.2. The highest BCUT2D eigenvalue weighted by molar-refractivity contribution is 7.14. The van der Waals surface area contributed by atoms with Gasteiger partial charge in [-0.1, -0.05) is 26.8 Å². The van der Waals surface area contributed by atoms with Crippen molar-refractivity contribution in [3.05, 3.63) is 61.6 Å². The minimum Gasteiger partial charge on any atom is -0.288 e. The first kappa shape index (κ1) is 17.0. The van der Waals surface area contributed by atoms with Crippen molar-refractivity contribution < 1.29 is 9.72 Å². The van der Waals surface area contributed by atoms with Crippen molar-refractivity contribution >= 4 is 28.9 Å². The lowest BCUT2D eigenvalue weighted by molar-refractivity contribution is -0.384. The molecule has 0 N–H and O–H groups in total. The highest BCUT2D eigenvalue weighted by Gasteiger charge is 2.22. The SMILES string of the molecule is Cc1nc(C(C)(C)C)sc1C(=O)/C=C\c1ccc([N+](=O)[O-])cc1. The summed E-state index contributed by atoms with van der Waals surface area (Å²) < 4.78 is 0. The van der Waals surface area contributed by atoms with Crippen molar-refractivity contribution in [1.82, 2.24) is 4.98 Å². The predicted octanol–water partition coefficient (Wildman–Crippen LogP) is 4.55. The van der Waals surface area contributed by atoms with Crippen LogP contribution in [0.15, 0.2) is 30.3 Å². The maximum absolute atomic E-state index is 12.3. The zero-order valence-corrected chi connectivity index (χ0v) is 14.3. The van der Waals surface area contributed by atoms with E-state index in [0.717, 1.165) is 16.3 Å². The van der Waals surface area contributed by atoms with E-state index in [-0.39, 0.29) is 16.9 Å². The lowest BCUT2D eigenvalue weighted by Crippen LogP contribution is -2.10. The van der Waals surface area contributed by atoms with Crippen molar-refractivity contribution in [2.75, 3.05) is 0 Å². The fraction of sp³-hybridized carbons (Fsp3) is 0.294. The van der Waals surface area contributed by atoms with Crippen LogP contribution in [0.4, 0.5) is 5.69 Å². The summed E-state index contributed by atoms with van der Waals surface area (Å²) in [5.41, 5.74) is 1.41. The second-order valence-electron chi connectivity index (χ2n) is 6.23. The first-order chi connectivity index (χ1) is 10.7. The number of aromatic nitrogens is 1. The molecule has 0 atom stereocenters. The van der Waals surface area contributed by atoms with Gasteiger partial charge in [0.05, 0.1) is 20.5 Å². The number of allylic oxidation sites excluding steroid dienone is 1. The normalized spacial score (nSPS) is 11.8. The molecule has 1 heterocycles. The number of hydrogen-bond donors (Lipinski definition) is 0. The highest BCUT2D eigenvalue weighted by atomic mass is 32.1. The second kappa shape index (κ2) is 6.42. The standard InChI is InChI=1S/C17H18N2O3S/c1-11-15(23-16(18-11)17(2,3)4)14(20)10-7-12-5-8-13(9-6-12)19(21)22/h5-10H,1-4H3/b10-7-. The Labute approximate surface area is 138 Å². The van der Waals surface area contributed by atoms with Crippen LogP contribution in [0.1, 0.15) is 46.7 Å². The van der Waals surface area contributed by atoms with Crippen LogP contribution in [0.2, 0.25) is 0 Å². The zero-order valence-electron chi connectivity index (χ0n) is 13.5. The van der Waals surface area contributed by atoms with Crippen LogP contribution in [0.5, 0.6) is 0 Å². The largest absolute Gasteiger partial charge is 0.288 e. The summed E-state index contributed by atoms with van der Waals surface area (Å²) in [7, 11) is 0.